The molecule has 2 N–H and O–H groups in total. The van der Waals surface area contributed by atoms with E-state index in [1.165, 1.54) is 38.5 Å². The van der Waals surface area contributed by atoms with E-state index in [0.717, 1.165) is 23.2 Å². The number of aromatic carboxylic acids is 1. The summed E-state index contributed by atoms with van der Waals surface area (Å²) in [7, 11) is 0. The van der Waals surface area contributed by atoms with E-state index in [4.69, 9.17) is 0 Å². The van der Waals surface area contributed by atoms with Crippen LogP contribution in [0.15, 0.2) is 30.5 Å². The van der Waals surface area contributed by atoms with Crippen molar-refractivity contribution in [2.24, 2.45) is 23.7 Å². The number of benzene rings is 1. The maximum Gasteiger partial charge on any atom is 0.335 e. The Hall–Kier alpha value is -2.63. The zero-order chi connectivity index (χ0) is 22.6. The second-order valence-corrected chi connectivity index (χ2v) is 11.1. The lowest BCUT2D eigenvalue weighted by molar-refractivity contribution is 0.0696. The molecular formula is C26H33N3O3. The molecule has 0 saturated heterocycles. The standard InChI is InChI=1S/C26H33N3O3/c1-26(2,3)23-21(14-27-29(23)20-9-7-15(8-10-20)25(31)32)24(30)28-22-17-6-4-5-16-11-19(22)13-18(16)12-17/h7-10,14,16-19,22H,4-6,11-13H2,1-3H3,(H,28,30)(H,31,32). The summed E-state index contributed by atoms with van der Waals surface area (Å²) in [6.07, 6.45) is 9.39. The van der Waals surface area contributed by atoms with Crippen molar-refractivity contribution in [1.29, 1.82) is 0 Å². The molecule has 3 aliphatic rings. The predicted octanol–water partition coefficient (Wildman–Crippen LogP) is 4.81. The summed E-state index contributed by atoms with van der Waals surface area (Å²) in [5, 5.41) is 17.2. The molecule has 5 rings (SSSR count). The maximum absolute atomic E-state index is 13.6. The van der Waals surface area contributed by atoms with Gasteiger partial charge in [0.15, 0.2) is 0 Å². The van der Waals surface area contributed by atoms with Crippen LogP contribution >= 0.6 is 0 Å². The molecule has 0 spiro atoms. The molecule has 5 unspecified atom stereocenters. The number of rotatable bonds is 4. The number of fused-ring (bicyclic) bond motifs is 2. The predicted molar refractivity (Wildman–Crippen MR) is 122 cm³/mol. The Morgan fingerprint density at radius 2 is 1.66 bits per heavy atom. The molecule has 3 saturated carbocycles. The zero-order valence-electron chi connectivity index (χ0n) is 19.2. The van der Waals surface area contributed by atoms with E-state index in [-0.39, 0.29) is 22.9 Å². The summed E-state index contributed by atoms with van der Waals surface area (Å²) in [6, 6.07) is 6.91. The van der Waals surface area contributed by atoms with Gasteiger partial charge >= 0.3 is 5.97 Å². The van der Waals surface area contributed by atoms with Gasteiger partial charge in [0.05, 0.1) is 28.7 Å². The molecule has 3 fully saturated rings. The third kappa shape index (κ3) is 3.63. The van der Waals surface area contributed by atoms with E-state index < -0.39 is 5.97 Å². The van der Waals surface area contributed by atoms with Crippen LogP contribution in [0.4, 0.5) is 0 Å². The van der Waals surface area contributed by atoms with E-state index in [2.05, 4.69) is 31.2 Å². The molecular weight excluding hydrogens is 402 g/mol. The Morgan fingerprint density at radius 3 is 2.34 bits per heavy atom. The van der Waals surface area contributed by atoms with Crippen molar-refractivity contribution in [2.75, 3.05) is 0 Å². The first-order chi connectivity index (χ1) is 15.2. The largest absolute Gasteiger partial charge is 0.478 e. The van der Waals surface area contributed by atoms with Crippen LogP contribution in [0.1, 0.15) is 85.7 Å². The minimum absolute atomic E-state index is 0.0270. The summed E-state index contributed by atoms with van der Waals surface area (Å²) in [6.45, 7) is 6.24. The lowest BCUT2D eigenvalue weighted by Crippen LogP contribution is -2.47. The van der Waals surface area contributed by atoms with Crippen LogP contribution in [0.2, 0.25) is 0 Å². The average molecular weight is 436 g/mol. The highest BCUT2D eigenvalue weighted by Gasteiger charge is 2.48. The van der Waals surface area contributed by atoms with Gasteiger partial charge in [-0.15, -0.1) is 0 Å². The van der Waals surface area contributed by atoms with Gasteiger partial charge in [0, 0.05) is 11.5 Å². The number of nitrogens with one attached hydrogen (secondary N) is 1. The summed E-state index contributed by atoms with van der Waals surface area (Å²) in [5.41, 5.74) is 2.14. The number of carbonyl (C=O) groups is 2. The van der Waals surface area contributed by atoms with E-state index in [9.17, 15) is 14.7 Å². The molecule has 6 heteroatoms. The van der Waals surface area contributed by atoms with Gasteiger partial charge in [0.1, 0.15) is 0 Å². The molecule has 3 bridgehead atoms. The summed E-state index contributed by atoms with van der Waals surface area (Å²) >= 11 is 0. The van der Waals surface area contributed by atoms with Crippen LogP contribution in [-0.4, -0.2) is 32.8 Å². The van der Waals surface area contributed by atoms with Crippen LogP contribution < -0.4 is 5.32 Å². The van der Waals surface area contributed by atoms with E-state index in [1.54, 1.807) is 35.1 Å². The molecule has 0 radical (unpaired) electrons. The van der Waals surface area contributed by atoms with Gasteiger partial charge in [-0.25, -0.2) is 9.48 Å². The third-order valence-corrected chi connectivity index (χ3v) is 8.03. The van der Waals surface area contributed by atoms with E-state index in [0.29, 0.717) is 17.4 Å². The first-order valence-corrected chi connectivity index (χ1v) is 12.0. The van der Waals surface area contributed by atoms with Gasteiger partial charge < -0.3 is 10.4 Å². The SMILES string of the molecule is CC(C)(C)c1c(C(=O)NC2C3CCCC4CC2CC4C3)cnn1-c1ccc(C(=O)O)cc1. The molecule has 5 atom stereocenters. The lowest BCUT2D eigenvalue weighted by atomic mass is 9.75. The van der Waals surface area contributed by atoms with E-state index in [1.807, 2.05) is 0 Å². The molecule has 1 aromatic heterocycles. The van der Waals surface area contributed by atoms with Crippen molar-refractivity contribution >= 4 is 11.9 Å². The number of amides is 1. The highest BCUT2D eigenvalue weighted by molar-refractivity contribution is 5.96. The Morgan fingerprint density at radius 1 is 1.00 bits per heavy atom. The van der Waals surface area contributed by atoms with Crippen molar-refractivity contribution in [1.82, 2.24) is 15.1 Å². The number of hydrogen-bond donors (Lipinski definition) is 2. The van der Waals surface area contributed by atoms with Crippen molar-refractivity contribution in [3.05, 3.63) is 47.3 Å². The molecule has 6 nitrogen and oxygen atoms in total. The number of carboxylic acid groups (broad SMARTS) is 1. The van der Waals surface area contributed by atoms with Crippen molar-refractivity contribution < 1.29 is 14.7 Å². The normalized spacial score (nSPS) is 29.0. The number of aromatic nitrogens is 2. The number of hydrogen-bond acceptors (Lipinski definition) is 3. The first-order valence-electron chi connectivity index (χ1n) is 12.0. The van der Waals surface area contributed by atoms with Crippen LogP contribution in [0.5, 0.6) is 0 Å². The van der Waals surface area contributed by atoms with Gasteiger partial charge in [-0.2, -0.15) is 5.10 Å². The van der Waals surface area contributed by atoms with Gasteiger partial charge in [0.2, 0.25) is 0 Å². The minimum atomic E-state index is -0.959. The number of carbonyl (C=O) groups excluding carboxylic acids is 1. The monoisotopic (exact) mass is 435 g/mol. The quantitative estimate of drug-likeness (QED) is 0.722. The third-order valence-electron chi connectivity index (χ3n) is 8.03. The van der Waals surface area contributed by atoms with Crippen molar-refractivity contribution in [3.8, 4) is 5.69 Å². The smallest absolute Gasteiger partial charge is 0.335 e. The second kappa shape index (κ2) is 7.75. The average Bonchev–Trinajstić information content (AvgIpc) is 3.29. The molecule has 3 aliphatic carbocycles. The van der Waals surface area contributed by atoms with Crippen LogP contribution in [0.3, 0.4) is 0 Å². The van der Waals surface area contributed by atoms with Gasteiger partial charge in [0.25, 0.3) is 5.91 Å². The maximum atomic E-state index is 13.6. The Labute approximate surface area is 189 Å². The van der Waals surface area contributed by atoms with E-state index >= 15 is 0 Å². The van der Waals surface area contributed by atoms with Crippen molar-refractivity contribution in [3.63, 3.8) is 0 Å². The molecule has 1 aromatic carbocycles. The van der Waals surface area contributed by atoms with Gasteiger partial charge in [-0.3, -0.25) is 4.79 Å². The number of carboxylic acids is 1. The summed E-state index contributed by atoms with van der Waals surface area (Å²) < 4.78 is 1.78. The second-order valence-electron chi connectivity index (χ2n) is 11.1. The van der Waals surface area contributed by atoms with Crippen molar-refractivity contribution in [2.45, 2.75) is 70.8 Å². The summed E-state index contributed by atoms with van der Waals surface area (Å²) in [4.78, 5) is 24.8. The Balaban J connectivity index is 1.44. The lowest BCUT2D eigenvalue weighted by Gasteiger charge is -2.37. The molecule has 32 heavy (non-hydrogen) atoms. The van der Waals surface area contributed by atoms with Crippen LogP contribution in [0.25, 0.3) is 5.69 Å². The highest BCUT2D eigenvalue weighted by Crippen LogP contribution is 2.53. The molecule has 170 valence electrons. The first kappa shape index (κ1) is 21.2. The number of nitrogens with zero attached hydrogens (tertiary/aromatic N) is 2. The fourth-order valence-electron chi connectivity index (χ4n) is 6.70. The van der Waals surface area contributed by atoms with Gasteiger partial charge in [-0.05, 0) is 73.6 Å². The summed E-state index contributed by atoms with van der Waals surface area (Å²) in [5.74, 6) is 1.98. The molecule has 1 heterocycles. The highest BCUT2D eigenvalue weighted by atomic mass is 16.4. The van der Waals surface area contributed by atoms with Crippen LogP contribution in [0, 0.1) is 23.7 Å². The minimum Gasteiger partial charge on any atom is -0.478 e. The Kier molecular flexibility index (Phi) is 5.14. The molecule has 0 aliphatic heterocycles. The van der Waals surface area contributed by atoms with Gasteiger partial charge in [-0.1, -0.05) is 33.6 Å². The molecule has 2 aromatic rings. The Bertz CT molecular complexity index is 1030. The fourth-order valence-corrected chi connectivity index (χ4v) is 6.70. The topological polar surface area (TPSA) is 84.2 Å². The fraction of sp³-hybridized carbons (Fsp3) is 0.577. The zero-order valence-corrected chi connectivity index (χ0v) is 19.2. The molecule has 1 amide bonds. The van der Waals surface area contributed by atoms with Crippen LogP contribution in [-0.2, 0) is 5.41 Å².